The molecule has 0 bridgehead atoms. The molecule has 0 aliphatic carbocycles. The highest BCUT2D eigenvalue weighted by molar-refractivity contribution is 5.98. The Balaban J connectivity index is 1.31. The van der Waals surface area contributed by atoms with Gasteiger partial charge in [0.2, 0.25) is 5.91 Å². The van der Waals surface area contributed by atoms with Gasteiger partial charge in [-0.2, -0.15) is 0 Å². The monoisotopic (exact) mass is 587 g/mol. The molecule has 4 heterocycles. The van der Waals surface area contributed by atoms with Gasteiger partial charge in [0, 0.05) is 76.5 Å². The normalized spacial score (nSPS) is 20.0. The van der Waals surface area contributed by atoms with Gasteiger partial charge in [-0.05, 0) is 62.1 Å². The number of hydrogen-bond acceptors (Lipinski definition) is 7. The van der Waals surface area contributed by atoms with E-state index in [-0.39, 0.29) is 29.0 Å². The summed E-state index contributed by atoms with van der Waals surface area (Å²) in [6, 6.07) is 11.8. The minimum atomic E-state index is -0.212. The molecule has 0 radical (unpaired) electrons. The van der Waals surface area contributed by atoms with Crippen LogP contribution in [0.3, 0.4) is 0 Å². The second-order valence-corrected chi connectivity index (χ2v) is 12.6. The van der Waals surface area contributed by atoms with Crippen molar-refractivity contribution in [3.63, 3.8) is 0 Å². The van der Waals surface area contributed by atoms with Crippen molar-refractivity contribution in [2.75, 3.05) is 51.9 Å². The molecule has 0 spiro atoms. The number of amides is 2. The molecule has 10 heteroatoms. The second kappa shape index (κ2) is 11.7. The van der Waals surface area contributed by atoms with Crippen LogP contribution in [-0.2, 0) is 40.2 Å². The van der Waals surface area contributed by atoms with Gasteiger partial charge in [-0.15, -0.1) is 0 Å². The maximum atomic E-state index is 14.0. The van der Waals surface area contributed by atoms with E-state index in [4.69, 9.17) is 14.5 Å². The number of carbonyl (C=O) groups is 2. The Morgan fingerprint density at radius 3 is 2.67 bits per heavy atom. The van der Waals surface area contributed by atoms with Crippen LogP contribution in [0.2, 0.25) is 0 Å². The first kappa shape index (κ1) is 29.3. The molecule has 3 aliphatic rings. The van der Waals surface area contributed by atoms with Crippen molar-refractivity contribution in [3.05, 3.63) is 69.3 Å². The molecular weight excluding hydrogens is 546 g/mol. The highest BCUT2D eigenvalue weighted by Gasteiger charge is 2.37. The van der Waals surface area contributed by atoms with Gasteiger partial charge in [-0.25, -0.2) is 4.98 Å². The van der Waals surface area contributed by atoms with Gasteiger partial charge in [0.15, 0.2) is 0 Å². The van der Waals surface area contributed by atoms with Gasteiger partial charge in [-0.1, -0.05) is 12.1 Å². The molecule has 10 nitrogen and oxygen atoms in total. The topological polar surface area (TPSA) is 97.2 Å². The number of carbonyl (C=O) groups excluding carboxylic acids is 2. The van der Waals surface area contributed by atoms with Crippen molar-refractivity contribution < 1.29 is 19.1 Å². The van der Waals surface area contributed by atoms with Crippen molar-refractivity contribution in [2.24, 2.45) is 0 Å². The summed E-state index contributed by atoms with van der Waals surface area (Å²) in [5.41, 5.74) is 4.22. The van der Waals surface area contributed by atoms with Crippen LogP contribution >= 0.6 is 0 Å². The third-order valence-corrected chi connectivity index (χ3v) is 9.19. The Labute approximate surface area is 252 Å². The van der Waals surface area contributed by atoms with Gasteiger partial charge in [0.25, 0.3) is 11.5 Å². The third kappa shape index (κ3) is 5.78. The van der Waals surface area contributed by atoms with Crippen molar-refractivity contribution in [1.29, 1.82) is 0 Å². The van der Waals surface area contributed by atoms with Crippen LogP contribution in [0.25, 0.3) is 10.9 Å². The number of methoxy groups -OCH3 is 1. The number of aryl methyl sites for hydroxylation is 1. The Morgan fingerprint density at radius 1 is 1.07 bits per heavy atom. The van der Waals surface area contributed by atoms with Crippen LogP contribution in [0.15, 0.2) is 41.2 Å². The molecule has 1 aromatic heterocycles. The number of aromatic nitrogens is 2. The Morgan fingerprint density at radius 2 is 1.91 bits per heavy atom. The third-order valence-electron chi connectivity index (χ3n) is 9.19. The molecule has 0 unspecified atom stereocenters. The zero-order valence-electron chi connectivity index (χ0n) is 25.6. The van der Waals surface area contributed by atoms with Crippen LogP contribution in [0.4, 0.5) is 5.69 Å². The summed E-state index contributed by atoms with van der Waals surface area (Å²) in [5.74, 6) is 0.877. The Hall–Kier alpha value is -3.76. The number of anilines is 1. The first-order valence-corrected chi connectivity index (χ1v) is 15.2. The Kier molecular flexibility index (Phi) is 8.00. The smallest absolute Gasteiger partial charge is 0.261 e. The zero-order valence-corrected chi connectivity index (χ0v) is 25.6. The fraction of sp³-hybridized carbons (Fsp3) is 0.515. The summed E-state index contributed by atoms with van der Waals surface area (Å²) in [4.78, 5) is 50.0. The van der Waals surface area contributed by atoms with Gasteiger partial charge < -0.3 is 24.2 Å². The van der Waals surface area contributed by atoms with Crippen LogP contribution in [0.5, 0.6) is 0 Å². The van der Waals surface area contributed by atoms with Crippen molar-refractivity contribution in [1.82, 2.24) is 19.4 Å². The molecule has 3 aliphatic heterocycles. The molecule has 0 N–H and O–H groups in total. The van der Waals surface area contributed by atoms with E-state index in [2.05, 4.69) is 24.8 Å². The zero-order chi connectivity index (χ0) is 30.3. The molecule has 43 heavy (non-hydrogen) atoms. The quantitative estimate of drug-likeness (QED) is 0.380. The van der Waals surface area contributed by atoms with E-state index >= 15 is 0 Å². The molecule has 1 atom stereocenters. The van der Waals surface area contributed by atoms with E-state index in [0.717, 1.165) is 35.3 Å². The van der Waals surface area contributed by atoms with E-state index in [1.165, 1.54) is 0 Å². The summed E-state index contributed by atoms with van der Waals surface area (Å²) in [5, 5.41) is 0.577. The molecule has 228 valence electrons. The minimum absolute atomic E-state index is 0.00921. The minimum Gasteiger partial charge on any atom is -0.382 e. The average Bonchev–Trinajstić information content (AvgIpc) is 3.42. The lowest BCUT2D eigenvalue weighted by Crippen LogP contribution is -2.44. The maximum absolute atomic E-state index is 14.0. The Bertz CT molecular complexity index is 1610. The largest absolute Gasteiger partial charge is 0.382 e. The van der Waals surface area contributed by atoms with Gasteiger partial charge in [0.05, 0.1) is 30.2 Å². The van der Waals surface area contributed by atoms with Crippen LogP contribution in [0.1, 0.15) is 54.0 Å². The molecule has 6 rings (SSSR count). The van der Waals surface area contributed by atoms with Crippen molar-refractivity contribution in [2.45, 2.75) is 64.3 Å². The van der Waals surface area contributed by atoms with E-state index in [1.54, 1.807) is 16.6 Å². The summed E-state index contributed by atoms with van der Waals surface area (Å²) in [6.45, 7) is 8.36. The highest BCUT2D eigenvalue weighted by atomic mass is 16.5. The first-order valence-electron chi connectivity index (χ1n) is 15.2. The molecule has 0 saturated carbocycles. The van der Waals surface area contributed by atoms with E-state index in [9.17, 15) is 14.4 Å². The standard InChI is InChI=1S/C33H41N5O5/c1-33(2)12-9-30(39)38(33)14-11-29-34-28-18-24(36-15-16-43-25(20-36)21-42-4)6-8-27(28)32(41)37(29)13-10-22-5-7-26-23(17-22)19-35(3)31(26)40/h5-8,17-18,25H,9-16,19-21H2,1-4H3/t25-/m1/s1. The number of ether oxygens (including phenoxy) is 2. The fourth-order valence-corrected chi connectivity index (χ4v) is 6.69. The van der Waals surface area contributed by atoms with Gasteiger partial charge in [-0.3, -0.25) is 19.0 Å². The SMILES string of the molecule is COC[C@H]1CN(c2ccc3c(=O)n(CCc4ccc5c(c4)CN(C)C5=O)c(CCN4C(=O)CCC4(C)C)nc3c2)CCO1. The summed E-state index contributed by atoms with van der Waals surface area (Å²) in [6.07, 6.45) is 2.49. The molecular formula is C33H41N5O5. The lowest BCUT2D eigenvalue weighted by atomic mass is 10.0. The molecule has 2 aromatic carbocycles. The lowest BCUT2D eigenvalue weighted by Gasteiger charge is -2.34. The van der Waals surface area contributed by atoms with Crippen LogP contribution in [-0.4, -0.2) is 89.8 Å². The lowest BCUT2D eigenvalue weighted by molar-refractivity contribution is -0.130. The first-order chi connectivity index (χ1) is 20.6. The number of fused-ring (bicyclic) bond motifs is 2. The number of likely N-dealkylation sites (tertiary alicyclic amines) is 1. The maximum Gasteiger partial charge on any atom is 0.261 e. The molecule has 2 saturated heterocycles. The fourth-order valence-electron chi connectivity index (χ4n) is 6.69. The molecule has 3 aromatic rings. The number of nitrogens with zero attached hydrogens (tertiary/aromatic N) is 5. The summed E-state index contributed by atoms with van der Waals surface area (Å²) in [7, 11) is 3.49. The van der Waals surface area contributed by atoms with E-state index < -0.39 is 0 Å². The summed E-state index contributed by atoms with van der Waals surface area (Å²) < 4.78 is 12.9. The number of rotatable bonds is 9. The summed E-state index contributed by atoms with van der Waals surface area (Å²) >= 11 is 0. The van der Waals surface area contributed by atoms with Crippen LogP contribution in [0, 0.1) is 0 Å². The molecule has 2 fully saturated rings. The average molecular weight is 588 g/mol. The van der Waals surface area contributed by atoms with Crippen LogP contribution < -0.4 is 10.5 Å². The predicted molar refractivity (Wildman–Crippen MR) is 165 cm³/mol. The van der Waals surface area contributed by atoms with Gasteiger partial charge >= 0.3 is 0 Å². The number of benzene rings is 2. The highest BCUT2D eigenvalue weighted by Crippen LogP contribution is 2.30. The van der Waals surface area contributed by atoms with E-state index in [0.29, 0.717) is 75.4 Å². The second-order valence-electron chi connectivity index (χ2n) is 12.6. The van der Waals surface area contributed by atoms with Gasteiger partial charge in [0.1, 0.15) is 5.82 Å². The van der Waals surface area contributed by atoms with Crippen molar-refractivity contribution >= 4 is 28.4 Å². The van der Waals surface area contributed by atoms with E-state index in [1.807, 2.05) is 42.3 Å². The predicted octanol–water partition coefficient (Wildman–Crippen LogP) is 3.02. The molecule has 2 amide bonds. The number of hydrogen-bond donors (Lipinski definition) is 0. The number of morpholine rings is 1. The van der Waals surface area contributed by atoms with Crippen molar-refractivity contribution in [3.8, 4) is 0 Å².